The fourth-order valence-corrected chi connectivity index (χ4v) is 2.25. The Morgan fingerprint density at radius 2 is 2.29 bits per heavy atom. The van der Waals surface area contributed by atoms with E-state index in [0.29, 0.717) is 16.3 Å². The van der Waals surface area contributed by atoms with Gasteiger partial charge in [0.15, 0.2) is 0 Å². The highest BCUT2D eigenvalue weighted by molar-refractivity contribution is 6.31. The van der Waals surface area contributed by atoms with Crippen molar-refractivity contribution in [1.29, 1.82) is 0 Å². The Balaban J connectivity index is 2.48. The van der Waals surface area contributed by atoms with Crippen LogP contribution in [0, 0.1) is 0 Å². The zero-order chi connectivity index (χ0) is 12.6. The van der Waals surface area contributed by atoms with E-state index in [1.54, 1.807) is 12.1 Å². The Labute approximate surface area is 105 Å². The number of benzene rings is 1. The number of aliphatic hydroxyl groups is 1. The average Bonchev–Trinajstić information content (AvgIpc) is 2.55. The molecule has 92 valence electrons. The van der Waals surface area contributed by atoms with E-state index in [1.165, 1.54) is 7.11 Å². The third-order valence-corrected chi connectivity index (χ3v) is 3.17. The van der Waals surface area contributed by atoms with Crippen LogP contribution in [0.1, 0.15) is 30.1 Å². The Morgan fingerprint density at radius 3 is 2.94 bits per heavy atom. The molecule has 4 nitrogen and oxygen atoms in total. The maximum absolute atomic E-state index is 11.6. The molecular formula is C12H14ClNO3. The molecule has 2 rings (SSSR count). The fourth-order valence-electron chi connectivity index (χ4n) is 2.02. The molecule has 1 aliphatic heterocycles. The normalized spacial score (nSPS) is 20.0. The van der Waals surface area contributed by atoms with Gasteiger partial charge in [-0.05, 0) is 24.6 Å². The zero-order valence-electron chi connectivity index (χ0n) is 9.66. The van der Waals surface area contributed by atoms with Gasteiger partial charge in [-0.25, -0.2) is 0 Å². The summed E-state index contributed by atoms with van der Waals surface area (Å²) < 4.78 is 4.91. The molecule has 0 radical (unpaired) electrons. The minimum atomic E-state index is -0.793. The first-order valence-corrected chi connectivity index (χ1v) is 5.73. The van der Waals surface area contributed by atoms with Gasteiger partial charge in [0, 0.05) is 17.7 Å². The Kier molecular flexibility index (Phi) is 3.38. The highest BCUT2D eigenvalue weighted by atomic mass is 35.5. The molecule has 1 aromatic carbocycles. The van der Waals surface area contributed by atoms with E-state index in [1.807, 2.05) is 6.92 Å². The van der Waals surface area contributed by atoms with Gasteiger partial charge in [0.1, 0.15) is 6.10 Å². The molecule has 1 aliphatic rings. The van der Waals surface area contributed by atoms with E-state index in [9.17, 15) is 9.90 Å². The van der Waals surface area contributed by atoms with E-state index < -0.39 is 6.10 Å². The summed E-state index contributed by atoms with van der Waals surface area (Å²) in [6.07, 6.45) is -0.793. The van der Waals surface area contributed by atoms with Gasteiger partial charge in [-0.3, -0.25) is 4.79 Å². The number of carbonyl (C=O) groups is 1. The average molecular weight is 256 g/mol. The lowest BCUT2D eigenvalue weighted by Crippen LogP contribution is -2.11. The van der Waals surface area contributed by atoms with Crippen molar-refractivity contribution in [3.63, 3.8) is 0 Å². The number of anilines is 1. The van der Waals surface area contributed by atoms with Crippen LogP contribution in [0.25, 0.3) is 0 Å². The number of rotatable bonds is 3. The van der Waals surface area contributed by atoms with E-state index in [2.05, 4.69) is 5.32 Å². The van der Waals surface area contributed by atoms with E-state index in [0.717, 1.165) is 5.56 Å². The number of aliphatic hydroxyl groups excluding tert-OH is 1. The third-order valence-electron chi connectivity index (χ3n) is 2.96. The third kappa shape index (κ3) is 2.16. The molecule has 0 spiro atoms. The highest BCUT2D eigenvalue weighted by Gasteiger charge is 2.30. The predicted octanol–water partition coefficient (Wildman–Crippen LogP) is 2.08. The van der Waals surface area contributed by atoms with Gasteiger partial charge >= 0.3 is 0 Å². The first kappa shape index (κ1) is 12.4. The molecule has 2 atom stereocenters. The summed E-state index contributed by atoms with van der Waals surface area (Å²) in [6, 6.07) is 3.41. The molecule has 1 amide bonds. The summed E-state index contributed by atoms with van der Waals surface area (Å²) in [5.74, 6) is -0.315. The molecule has 5 heteroatoms. The van der Waals surface area contributed by atoms with Crippen LogP contribution in [0.4, 0.5) is 5.69 Å². The lowest BCUT2D eigenvalue weighted by atomic mass is 9.98. The summed E-state index contributed by atoms with van der Waals surface area (Å²) in [7, 11) is 1.51. The van der Waals surface area contributed by atoms with Crippen LogP contribution in [-0.2, 0) is 9.53 Å². The number of hydrogen-bond donors (Lipinski definition) is 2. The molecule has 2 N–H and O–H groups in total. The first-order chi connectivity index (χ1) is 8.04. The molecule has 0 saturated carbocycles. The standard InChI is InChI=1S/C12H14ClNO3/c1-6-8-3-7(13)4-9(10(15)5-17-2)11(8)14-12(6)16/h3-4,6,10,15H,5H2,1-2H3,(H,14,16). The Bertz CT molecular complexity index is 461. The fraction of sp³-hybridized carbons (Fsp3) is 0.417. The van der Waals surface area contributed by atoms with Crippen molar-refractivity contribution in [2.24, 2.45) is 0 Å². The van der Waals surface area contributed by atoms with Gasteiger partial charge in [0.05, 0.1) is 18.2 Å². The summed E-state index contributed by atoms with van der Waals surface area (Å²) in [5, 5.41) is 13.2. The van der Waals surface area contributed by atoms with Crippen LogP contribution in [0.15, 0.2) is 12.1 Å². The van der Waals surface area contributed by atoms with E-state index >= 15 is 0 Å². The number of hydrogen-bond acceptors (Lipinski definition) is 3. The van der Waals surface area contributed by atoms with Crippen molar-refractivity contribution >= 4 is 23.2 Å². The maximum Gasteiger partial charge on any atom is 0.231 e. The Morgan fingerprint density at radius 1 is 1.59 bits per heavy atom. The molecule has 0 aromatic heterocycles. The van der Waals surface area contributed by atoms with Gasteiger partial charge in [-0.1, -0.05) is 11.6 Å². The second kappa shape index (κ2) is 4.64. The Hall–Kier alpha value is -1.10. The molecule has 0 aliphatic carbocycles. The van der Waals surface area contributed by atoms with E-state index in [-0.39, 0.29) is 18.4 Å². The van der Waals surface area contributed by atoms with Gasteiger partial charge in [-0.15, -0.1) is 0 Å². The lowest BCUT2D eigenvalue weighted by molar-refractivity contribution is -0.116. The van der Waals surface area contributed by atoms with Crippen molar-refractivity contribution < 1.29 is 14.6 Å². The van der Waals surface area contributed by atoms with Crippen molar-refractivity contribution in [3.8, 4) is 0 Å². The van der Waals surface area contributed by atoms with Crippen LogP contribution in [-0.4, -0.2) is 24.7 Å². The molecule has 2 unspecified atom stereocenters. The highest BCUT2D eigenvalue weighted by Crippen LogP contribution is 2.39. The van der Waals surface area contributed by atoms with Crippen LogP contribution in [0.2, 0.25) is 5.02 Å². The van der Waals surface area contributed by atoms with Crippen LogP contribution in [0.3, 0.4) is 0 Å². The molecule has 1 heterocycles. The van der Waals surface area contributed by atoms with Crippen molar-refractivity contribution in [1.82, 2.24) is 0 Å². The number of amides is 1. The van der Waals surface area contributed by atoms with E-state index in [4.69, 9.17) is 16.3 Å². The van der Waals surface area contributed by atoms with Crippen LogP contribution >= 0.6 is 11.6 Å². The molecular weight excluding hydrogens is 242 g/mol. The topological polar surface area (TPSA) is 58.6 Å². The summed E-state index contributed by atoms with van der Waals surface area (Å²) in [4.78, 5) is 11.6. The van der Waals surface area contributed by atoms with Gasteiger partial charge < -0.3 is 15.2 Å². The monoisotopic (exact) mass is 255 g/mol. The number of nitrogens with one attached hydrogen (secondary N) is 1. The number of methoxy groups -OCH3 is 1. The van der Waals surface area contributed by atoms with Crippen LogP contribution < -0.4 is 5.32 Å². The van der Waals surface area contributed by atoms with Gasteiger partial charge in [0.2, 0.25) is 5.91 Å². The lowest BCUT2D eigenvalue weighted by Gasteiger charge is -2.15. The first-order valence-electron chi connectivity index (χ1n) is 5.35. The molecule has 0 bridgehead atoms. The molecule has 17 heavy (non-hydrogen) atoms. The quantitative estimate of drug-likeness (QED) is 0.869. The van der Waals surface area contributed by atoms with Crippen molar-refractivity contribution in [2.75, 3.05) is 19.0 Å². The summed E-state index contributed by atoms with van der Waals surface area (Å²) in [6.45, 7) is 1.97. The molecule has 0 saturated heterocycles. The number of carbonyl (C=O) groups excluding carboxylic acids is 1. The summed E-state index contributed by atoms with van der Waals surface area (Å²) >= 11 is 5.99. The SMILES string of the molecule is COCC(O)c1cc(Cl)cc2c1NC(=O)C2C. The van der Waals surface area contributed by atoms with Crippen molar-refractivity contribution in [2.45, 2.75) is 18.9 Å². The largest absolute Gasteiger partial charge is 0.386 e. The molecule has 1 aromatic rings. The minimum absolute atomic E-state index is 0.0758. The second-order valence-corrected chi connectivity index (χ2v) is 4.58. The molecule has 0 fully saturated rings. The van der Waals surface area contributed by atoms with Gasteiger partial charge in [0.25, 0.3) is 0 Å². The second-order valence-electron chi connectivity index (χ2n) is 4.14. The minimum Gasteiger partial charge on any atom is -0.386 e. The smallest absolute Gasteiger partial charge is 0.231 e. The number of fused-ring (bicyclic) bond motifs is 1. The van der Waals surface area contributed by atoms with Crippen molar-refractivity contribution in [3.05, 3.63) is 28.3 Å². The zero-order valence-corrected chi connectivity index (χ0v) is 10.4. The van der Waals surface area contributed by atoms with Crippen LogP contribution in [0.5, 0.6) is 0 Å². The number of halogens is 1. The number of ether oxygens (including phenoxy) is 1. The summed E-state index contributed by atoms with van der Waals surface area (Å²) in [5.41, 5.74) is 2.09. The van der Waals surface area contributed by atoms with Gasteiger partial charge in [-0.2, -0.15) is 0 Å². The maximum atomic E-state index is 11.6. The predicted molar refractivity (Wildman–Crippen MR) is 65.3 cm³/mol.